The Morgan fingerprint density at radius 3 is 2.14 bits per heavy atom. The van der Waals surface area contributed by atoms with Crippen LogP contribution in [0.25, 0.3) is 0 Å². The zero-order chi connectivity index (χ0) is 30.5. The number of carbonyl (C=O) groups excluding carboxylic acids is 3. The third kappa shape index (κ3) is 7.29. The Balaban J connectivity index is 1.34. The van der Waals surface area contributed by atoms with Crippen molar-refractivity contribution >= 4 is 46.9 Å². The molecule has 12 heteroatoms. The van der Waals surface area contributed by atoms with Crippen molar-refractivity contribution in [3.8, 4) is 0 Å². The minimum absolute atomic E-state index is 0.0687. The molecule has 1 aromatic heterocycles. The summed E-state index contributed by atoms with van der Waals surface area (Å²) in [5, 5.41) is 3.58. The van der Waals surface area contributed by atoms with Crippen LogP contribution in [0.4, 0.5) is 5.82 Å². The predicted molar refractivity (Wildman–Crippen MR) is 159 cm³/mol. The molecule has 0 spiro atoms. The highest BCUT2D eigenvalue weighted by Crippen LogP contribution is 2.32. The summed E-state index contributed by atoms with van der Waals surface area (Å²) in [5.74, 6) is -1.57. The molecule has 220 valence electrons. The lowest BCUT2D eigenvalue weighted by atomic mass is 10.1. The average Bonchev–Trinajstić information content (AvgIpc) is 3.40. The molecule has 1 amide bonds. The number of nitrogens with one attached hydrogen (secondary N) is 1. The van der Waals surface area contributed by atoms with E-state index in [1.165, 1.54) is 35.0 Å². The number of esters is 2. The van der Waals surface area contributed by atoms with E-state index in [9.17, 15) is 19.2 Å². The number of rotatable bonds is 8. The number of halogens is 2. The molecular weight excluding hydrogens is 597 g/mol. The third-order valence-corrected chi connectivity index (χ3v) is 7.19. The van der Waals surface area contributed by atoms with Gasteiger partial charge in [-0.25, -0.2) is 14.4 Å². The van der Waals surface area contributed by atoms with Gasteiger partial charge < -0.3 is 19.5 Å². The van der Waals surface area contributed by atoms with Gasteiger partial charge in [0.25, 0.3) is 5.91 Å². The standard InChI is InChI=1S/C31H25Cl2N3O7/c1-18-16-36(31(40)35-27(18)34-28(37)19-5-3-2-4-6-19)26-15-24(43-30(39)21-9-13-23(33)14-10-21)25(42-26)17-41-29(38)20-7-11-22(32)12-8-20/h2-14,16,24-26H,15,17H2,1H3,(H,34,35,37,40)/t24-,25+,26-/m0/s1. The second-order valence-corrected chi connectivity index (χ2v) is 10.6. The maximum absolute atomic E-state index is 13.1. The summed E-state index contributed by atoms with van der Waals surface area (Å²) in [6.07, 6.45) is -1.11. The minimum atomic E-state index is -0.903. The molecule has 0 unspecified atom stereocenters. The number of aromatic nitrogens is 2. The number of anilines is 1. The van der Waals surface area contributed by atoms with Crippen LogP contribution in [0.1, 0.15) is 49.3 Å². The quantitative estimate of drug-likeness (QED) is 0.256. The van der Waals surface area contributed by atoms with Crippen LogP contribution >= 0.6 is 23.2 Å². The van der Waals surface area contributed by atoms with E-state index in [1.807, 2.05) is 0 Å². The summed E-state index contributed by atoms with van der Waals surface area (Å²) in [5.41, 5.74) is 0.754. The first-order chi connectivity index (χ1) is 20.7. The Morgan fingerprint density at radius 2 is 1.51 bits per heavy atom. The van der Waals surface area contributed by atoms with Gasteiger partial charge >= 0.3 is 17.6 Å². The number of amides is 1. The van der Waals surface area contributed by atoms with Crippen molar-refractivity contribution in [1.29, 1.82) is 0 Å². The van der Waals surface area contributed by atoms with E-state index in [-0.39, 0.29) is 30.0 Å². The molecule has 3 atom stereocenters. The first kappa shape index (κ1) is 30.0. The largest absolute Gasteiger partial charge is 0.459 e. The zero-order valence-corrected chi connectivity index (χ0v) is 24.2. The van der Waals surface area contributed by atoms with Crippen molar-refractivity contribution in [1.82, 2.24) is 9.55 Å². The van der Waals surface area contributed by atoms with Crippen LogP contribution in [0, 0.1) is 6.92 Å². The van der Waals surface area contributed by atoms with E-state index in [4.69, 9.17) is 37.4 Å². The van der Waals surface area contributed by atoms with E-state index in [1.54, 1.807) is 61.5 Å². The number of carbonyl (C=O) groups is 3. The Labute approximate surface area is 256 Å². The molecule has 2 heterocycles. The summed E-state index contributed by atoms with van der Waals surface area (Å²) < 4.78 is 18.5. The van der Waals surface area contributed by atoms with Crippen molar-refractivity contribution < 1.29 is 28.6 Å². The maximum atomic E-state index is 13.1. The van der Waals surface area contributed by atoms with Crippen molar-refractivity contribution in [2.45, 2.75) is 31.8 Å². The number of hydrogen-bond acceptors (Lipinski definition) is 8. The van der Waals surface area contributed by atoms with E-state index in [2.05, 4.69) is 10.3 Å². The molecule has 3 aromatic carbocycles. The SMILES string of the molecule is Cc1cn([C@@H]2C[C@H](OC(=O)c3ccc(Cl)cc3)[C@@H](COC(=O)c3ccc(Cl)cc3)O2)c(=O)nc1NC(=O)c1ccccc1. The van der Waals surface area contributed by atoms with E-state index >= 15 is 0 Å². The highest BCUT2D eigenvalue weighted by molar-refractivity contribution is 6.31. The van der Waals surface area contributed by atoms with Crippen LogP contribution < -0.4 is 11.0 Å². The maximum Gasteiger partial charge on any atom is 0.351 e. The fraction of sp³-hybridized carbons (Fsp3) is 0.194. The van der Waals surface area contributed by atoms with Crippen molar-refractivity contribution in [3.05, 3.63) is 128 Å². The van der Waals surface area contributed by atoms with Crippen LogP contribution in [0.5, 0.6) is 0 Å². The number of ether oxygens (including phenoxy) is 3. The number of benzene rings is 3. The highest BCUT2D eigenvalue weighted by atomic mass is 35.5. The summed E-state index contributed by atoms with van der Waals surface area (Å²) in [6, 6.07) is 20.8. The number of nitrogens with zero attached hydrogens (tertiary/aromatic N) is 2. The lowest BCUT2D eigenvalue weighted by molar-refractivity contribution is -0.0582. The summed E-state index contributed by atoms with van der Waals surface area (Å²) in [4.78, 5) is 55.3. The number of aryl methyl sites for hydroxylation is 1. The van der Waals surface area contributed by atoms with Crippen LogP contribution in [-0.2, 0) is 14.2 Å². The van der Waals surface area contributed by atoms with Crippen molar-refractivity contribution in [2.24, 2.45) is 0 Å². The van der Waals surface area contributed by atoms with Gasteiger partial charge in [0, 0.05) is 33.8 Å². The molecule has 0 bridgehead atoms. The average molecular weight is 622 g/mol. The normalized spacial score (nSPS) is 17.7. The van der Waals surface area contributed by atoms with Crippen molar-refractivity contribution in [3.63, 3.8) is 0 Å². The third-order valence-electron chi connectivity index (χ3n) is 6.69. The molecule has 4 aromatic rings. The monoisotopic (exact) mass is 621 g/mol. The van der Waals surface area contributed by atoms with Gasteiger partial charge in [0.1, 0.15) is 30.9 Å². The molecule has 1 saturated heterocycles. The van der Waals surface area contributed by atoms with E-state index < -0.39 is 42.0 Å². The second kappa shape index (κ2) is 13.2. The molecule has 10 nitrogen and oxygen atoms in total. The Bertz CT molecular complexity index is 1690. The van der Waals surface area contributed by atoms with E-state index in [0.717, 1.165) is 0 Å². The van der Waals surface area contributed by atoms with Crippen LogP contribution in [0.2, 0.25) is 10.0 Å². The highest BCUT2D eigenvalue weighted by Gasteiger charge is 2.40. The molecule has 1 N–H and O–H groups in total. The van der Waals surface area contributed by atoms with Gasteiger partial charge in [-0.1, -0.05) is 41.4 Å². The summed E-state index contributed by atoms with van der Waals surface area (Å²) in [7, 11) is 0. The lowest BCUT2D eigenvalue weighted by Crippen LogP contribution is -2.32. The zero-order valence-electron chi connectivity index (χ0n) is 22.7. The van der Waals surface area contributed by atoms with Crippen molar-refractivity contribution in [2.75, 3.05) is 11.9 Å². The molecule has 43 heavy (non-hydrogen) atoms. The molecular formula is C31H25Cl2N3O7. The summed E-state index contributed by atoms with van der Waals surface area (Å²) >= 11 is 11.8. The molecule has 1 fully saturated rings. The Kier molecular flexibility index (Phi) is 9.20. The minimum Gasteiger partial charge on any atom is -0.459 e. The van der Waals surface area contributed by atoms with Crippen LogP contribution in [0.3, 0.4) is 0 Å². The van der Waals surface area contributed by atoms with Gasteiger partial charge in [0.15, 0.2) is 0 Å². The summed E-state index contributed by atoms with van der Waals surface area (Å²) in [6.45, 7) is 1.42. The van der Waals surface area contributed by atoms with Gasteiger partial charge in [-0.2, -0.15) is 4.98 Å². The smallest absolute Gasteiger partial charge is 0.351 e. The number of hydrogen-bond donors (Lipinski definition) is 1. The van der Waals surface area contributed by atoms with Gasteiger partial charge in [0.2, 0.25) is 0 Å². The Morgan fingerprint density at radius 1 is 0.907 bits per heavy atom. The molecule has 0 radical (unpaired) electrons. The fourth-order valence-electron chi connectivity index (χ4n) is 4.43. The fourth-order valence-corrected chi connectivity index (χ4v) is 4.68. The van der Waals surface area contributed by atoms with Gasteiger partial charge in [-0.15, -0.1) is 0 Å². The topological polar surface area (TPSA) is 126 Å². The molecule has 1 aliphatic heterocycles. The molecule has 1 aliphatic rings. The Hall–Kier alpha value is -4.51. The molecule has 0 saturated carbocycles. The van der Waals surface area contributed by atoms with Gasteiger partial charge in [-0.3, -0.25) is 9.36 Å². The van der Waals surface area contributed by atoms with Gasteiger partial charge in [0.05, 0.1) is 11.1 Å². The first-order valence-corrected chi connectivity index (χ1v) is 13.9. The van der Waals surface area contributed by atoms with Crippen LogP contribution in [0.15, 0.2) is 89.9 Å². The van der Waals surface area contributed by atoms with E-state index in [0.29, 0.717) is 21.2 Å². The first-order valence-electron chi connectivity index (χ1n) is 13.2. The lowest BCUT2D eigenvalue weighted by Gasteiger charge is -2.19. The van der Waals surface area contributed by atoms with Crippen LogP contribution in [-0.4, -0.2) is 46.2 Å². The van der Waals surface area contributed by atoms with Gasteiger partial charge in [-0.05, 0) is 67.6 Å². The predicted octanol–water partition coefficient (Wildman–Crippen LogP) is 5.48. The molecule has 5 rings (SSSR count). The molecule has 0 aliphatic carbocycles. The second-order valence-electron chi connectivity index (χ2n) is 9.70.